The molecular weight excluding hydrogens is 276 g/mol. The largest absolute Gasteiger partial charge is 0 e. The molecule has 6 heteroatoms. The Bertz CT molecular complexity index is 412. The number of carbonyl (C=O) groups is 2. The Labute approximate surface area is 114 Å². The van der Waals surface area contributed by atoms with Crippen LogP contribution in [0.25, 0.3) is 0 Å². The van der Waals surface area contributed by atoms with Crippen LogP contribution in [0.15, 0.2) is 24.3 Å². The minimum absolute atomic E-state index is 0. The molecule has 90 valence electrons. The molecule has 0 saturated carbocycles. The average Bonchev–Trinajstić information content (AvgIpc) is 2.73. The maximum atomic E-state index is 11.1. The molecule has 1 aliphatic rings. The molecule has 0 amide bonds. The van der Waals surface area contributed by atoms with Crippen LogP contribution in [-0.2, 0) is 31.3 Å². The fourth-order valence-corrected chi connectivity index (χ4v) is 1.31. The number of carbonyl (C=O) groups excluding carboxylic acids is 2. The standard InChI is InChI=1S/C9H6O2.3CO.Cr/c10-8-5-9(11)7-4-2-1-3-6(7)8;3*1-2;/h1-4H,5H2;;;;. The molecule has 0 bridgehead atoms. The van der Waals surface area contributed by atoms with Crippen molar-refractivity contribution in [2.24, 2.45) is 0 Å². The molecule has 18 heavy (non-hydrogen) atoms. The van der Waals surface area contributed by atoms with Crippen LogP contribution in [-0.4, -0.2) is 11.6 Å². The van der Waals surface area contributed by atoms with Gasteiger partial charge in [0.15, 0.2) is 11.6 Å². The van der Waals surface area contributed by atoms with Crippen LogP contribution in [0.1, 0.15) is 27.1 Å². The van der Waals surface area contributed by atoms with Crippen LogP contribution in [0.2, 0.25) is 0 Å². The van der Waals surface area contributed by atoms with Crippen molar-refractivity contribution in [2.75, 3.05) is 0 Å². The van der Waals surface area contributed by atoms with E-state index < -0.39 is 0 Å². The minimum Gasteiger partial charge on any atom is 0 e. The third-order valence-corrected chi connectivity index (χ3v) is 1.85. The van der Waals surface area contributed by atoms with Gasteiger partial charge in [-0.1, -0.05) is 24.3 Å². The normalized spacial score (nSPS) is 9.67. The molecule has 0 unspecified atom stereocenters. The summed E-state index contributed by atoms with van der Waals surface area (Å²) in [4.78, 5) is 22.1. The number of hydrogen-bond acceptors (Lipinski definition) is 2. The van der Waals surface area contributed by atoms with E-state index in [0.717, 1.165) is 0 Å². The number of Topliss-reactive ketones (excluding diaryl/α,β-unsaturated/α-hetero) is 2. The molecule has 0 aliphatic heterocycles. The molecule has 1 aliphatic carbocycles. The Morgan fingerprint density at radius 2 is 1.06 bits per heavy atom. The monoisotopic (exact) mass is 282 g/mol. The van der Waals surface area contributed by atoms with Gasteiger partial charge in [-0.2, -0.15) is 0 Å². The first-order valence-electron chi connectivity index (χ1n) is 4.06. The Hall–Kier alpha value is -1.69. The number of ketones is 2. The maximum absolute atomic E-state index is 11.1. The predicted molar refractivity (Wildman–Crippen MR) is 51.5 cm³/mol. The summed E-state index contributed by atoms with van der Waals surface area (Å²) in [6.45, 7) is 13.5. The summed E-state index contributed by atoms with van der Waals surface area (Å²) < 4.78 is 22.5. The van der Waals surface area contributed by atoms with Gasteiger partial charge < -0.3 is 0 Å². The van der Waals surface area contributed by atoms with Gasteiger partial charge in [0.25, 0.3) is 0 Å². The van der Waals surface area contributed by atoms with E-state index in [9.17, 15) is 9.59 Å². The second kappa shape index (κ2) is 13.4. The van der Waals surface area contributed by atoms with Gasteiger partial charge in [0.1, 0.15) is 0 Å². The van der Waals surface area contributed by atoms with Crippen molar-refractivity contribution in [3.63, 3.8) is 0 Å². The van der Waals surface area contributed by atoms with Gasteiger partial charge in [0, 0.05) is 28.5 Å². The van der Waals surface area contributed by atoms with Gasteiger partial charge in [-0.15, -0.1) is 0 Å². The molecule has 5 nitrogen and oxygen atoms in total. The van der Waals surface area contributed by atoms with Crippen LogP contribution in [0.5, 0.6) is 0 Å². The van der Waals surface area contributed by atoms with Crippen molar-refractivity contribution in [1.29, 1.82) is 0 Å². The molecule has 0 radical (unpaired) electrons. The second-order valence-corrected chi connectivity index (χ2v) is 2.57. The molecule has 0 N–H and O–H groups in total. The quantitative estimate of drug-likeness (QED) is 0.408. The van der Waals surface area contributed by atoms with Gasteiger partial charge in [0.05, 0.1) is 6.42 Å². The van der Waals surface area contributed by atoms with E-state index in [0.29, 0.717) is 11.1 Å². The molecule has 2 rings (SSSR count). The van der Waals surface area contributed by atoms with Gasteiger partial charge in [0.2, 0.25) is 0 Å². The summed E-state index contributed by atoms with van der Waals surface area (Å²) in [5, 5.41) is 0. The zero-order valence-corrected chi connectivity index (χ0v) is 10.2. The van der Waals surface area contributed by atoms with E-state index in [4.69, 9.17) is 14.0 Å². The molecule has 1 aromatic carbocycles. The fourth-order valence-electron chi connectivity index (χ4n) is 1.31. The van der Waals surface area contributed by atoms with Gasteiger partial charge in [-0.05, 0) is 0 Å². The van der Waals surface area contributed by atoms with E-state index >= 15 is 0 Å². The second-order valence-electron chi connectivity index (χ2n) is 2.57. The maximum Gasteiger partial charge on any atom is 0 e. The van der Waals surface area contributed by atoms with Crippen molar-refractivity contribution >= 4 is 11.6 Å². The van der Waals surface area contributed by atoms with Crippen molar-refractivity contribution in [2.45, 2.75) is 6.42 Å². The van der Waals surface area contributed by atoms with Crippen LogP contribution < -0.4 is 0 Å². The third-order valence-electron chi connectivity index (χ3n) is 1.85. The fraction of sp³-hybridized carbons (Fsp3) is 0.0833. The van der Waals surface area contributed by atoms with Crippen molar-refractivity contribution in [1.82, 2.24) is 0 Å². The molecule has 1 aromatic rings. The molecule has 0 fully saturated rings. The number of rotatable bonds is 0. The van der Waals surface area contributed by atoms with Crippen LogP contribution in [0.3, 0.4) is 0 Å². The summed E-state index contributed by atoms with van der Waals surface area (Å²) in [5.74, 6) is -0.101. The minimum atomic E-state index is -0.0504. The van der Waals surface area contributed by atoms with Crippen LogP contribution in [0.4, 0.5) is 0 Å². The summed E-state index contributed by atoms with van der Waals surface area (Å²) in [6, 6.07) is 6.94. The van der Waals surface area contributed by atoms with E-state index in [-0.39, 0.29) is 35.3 Å². The summed E-state index contributed by atoms with van der Waals surface area (Å²) >= 11 is 0. The molecule has 0 saturated heterocycles. The van der Waals surface area contributed by atoms with Gasteiger partial charge in [-0.3, -0.25) is 9.59 Å². The van der Waals surface area contributed by atoms with Crippen LogP contribution >= 0.6 is 0 Å². The Kier molecular flexibility index (Phi) is 16.0. The molecule has 0 aromatic heterocycles. The Balaban J connectivity index is -0.000000285. The van der Waals surface area contributed by atoms with E-state index in [1.165, 1.54) is 0 Å². The van der Waals surface area contributed by atoms with E-state index in [2.05, 4.69) is 20.0 Å². The predicted octanol–water partition coefficient (Wildman–Crippen LogP) is 1.34. The SMILES string of the molecule is O=C1CC(=O)c2ccccc21.[C-]#[O+].[C-]#[O+].[C-]#[O+].[Cr]. The van der Waals surface area contributed by atoms with Crippen molar-refractivity contribution < 1.29 is 40.9 Å². The molecule has 0 heterocycles. The summed E-state index contributed by atoms with van der Waals surface area (Å²) in [6.07, 6.45) is 0.0549. The molecule has 0 spiro atoms. The Morgan fingerprint density at radius 1 is 0.778 bits per heavy atom. The Morgan fingerprint density at radius 3 is 1.33 bits per heavy atom. The van der Waals surface area contributed by atoms with E-state index in [1.807, 2.05) is 0 Å². The zero-order chi connectivity index (χ0) is 13.8. The zero-order valence-electron chi connectivity index (χ0n) is 8.97. The number of fused-ring (bicyclic) bond motifs is 1. The number of hydrogen-bond donors (Lipinski definition) is 0. The first-order chi connectivity index (χ1) is 8.29. The smallest absolute Gasteiger partial charge is 0 e. The first-order valence-corrected chi connectivity index (χ1v) is 4.06. The third kappa shape index (κ3) is 5.58. The van der Waals surface area contributed by atoms with Crippen molar-refractivity contribution in [3.05, 3.63) is 55.3 Å². The molecule has 0 atom stereocenters. The first kappa shape index (κ1) is 21.6. The van der Waals surface area contributed by atoms with E-state index in [1.54, 1.807) is 24.3 Å². The van der Waals surface area contributed by atoms with Gasteiger partial charge >= 0.3 is 33.9 Å². The average molecular weight is 282 g/mol. The number of benzene rings is 1. The van der Waals surface area contributed by atoms with Gasteiger partial charge in [-0.25, -0.2) is 0 Å². The topological polar surface area (TPSA) is 93.8 Å². The van der Waals surface area contributed by atoms with Crippen molar-refractivity contribution in [3.8, 4) is 0 Å². The summed E-state index contributed by atoms with van der Waals surface area (Å²) in [5.41, 5.74) is 1.16. The van der Waals surface area contributed by atoms with Crippen LogP contribution in [0, 0.1) is 20.0 Å². The molecular formula is C12H6CrO5. The summed E-state index contributed by atoms with van der Waals surface area (Å²) in [7, 11) is 0.